The first-order valence-corrected chi connectivity index (χ1v) is 12.3. The molecule has 1 aromatic rings. The maximum atomic E-state index is 12.2. The average molecular weight is 724 g/mol. The molecule has 0 radical (unpaired) electrons. The maximum Gasteiger partial charge on any atom is 0.299 e. The fraction of sp³-hybridized carbons (Fsp3) is 0.250. The molecule has 0 spiro atoms. The Labute approximate surface area is 172 Å². The lowest BCUT2D eigenvalue weighted by molar-refractivity contribution is 0.352. The van der Waals surface area contributed by atoms with E-state index in [1.807, 2.05) is 0 Å². The largest absolute Gasteiger partial charge is 0.299 e. The van der Waals surface area contributed by atoms with E-state index in [9.17, 15) is 16.8 Å². The van der Waals surface area contributed by atoms with Gasteiger partial charge in [0.05, 0.1) is 9.79 Å². The molecule has 0 unspecified atom stereocenters. The monoisotopic (exact) mass is 717 g/mol. The molecule has 0 heterocycles. The van der Waals surface area contributed by atoms with Gasteiger partial charge in [0.1, 0.15) is 0 Å². The van der Waals surface area contributed by atoms with Crippen molar-refractivity contribution >= 4 is 116 Å². The summed E-state index contributed by atoms with van der Waals surface area (Å²) in [5.74, 6) is 0. The number of benzene rings is 1. The van der Waals surface area contributed by atoms with Gasteiger partial charge in [-0.05, 0) is 114 Å². The highest BCUT2D eigenvalue weighted by Gasteiger charge is 2.38. The van der Waals surface area contributed by atoms with Crippen LogP contribution in [0.5, 0.6) is 0 Å². The smallest absolute Gasteiger partial charge is 0.225 e. The molecule has 0 aliphatic heterocycles. The van der Waals surface area contributed by atoms with Gasteiger partial charge >= 0.3 is 0 Å². The van der Waals surface area contributed by atoms with Crippen LogP contribution in [0.1, 0.15) is 0 Å². The molecule has 0 saturated heterocycles. The first-order valence-electron chi connectivity index (χ1n) is 4.61. The number of rotatable bonds is 3. The van der Waals surface area contributed by atoms with Crippen molar-refractivity contribution in [2.75, 3.05) is 0 Å². The van der Waals surface area contributed by atoms with Crippen LogP contribution in [-0.4, -0.2) is 20.6 Å². The van der Waals surface area contributed by atoms with Crippen LogP contribution in [0.4, 0.5) is 0 Å². The third kappa shape index (κ3) is 5.76. The fourth-order valence-corrected chi connectivity index (χ4v) is 6.09. The molecule has 0 bridgehead atoms. The van der Waals surface area contributed by atoms with Gasteiger partial charge in [-0.1, -0.05) is 6.07 Å². The van der Waals surface area contributed by atoms with Crippen molar-refractivity contribution in [3.63, 3.8) is 0 Å². The average Bonchev–Trinajstić information content (AvgIpc) is 2.24. The fourth-order valence-electron chi connectivity index (χ4n) is 1.10. The molecule has 0 amide bonds. The predicted molar refractivity (Wildman–Crippen MR) is 101 cm³/mol. The molecule has 21 heavy (non-hydrogen) atoms. The van der Waals surface area contributed by atoms with Crippen LogP contribution in [0, 0.1) is 0 Å². The zero-order valence-electron chi connectivity index (χ0n) is 9.43. The van der Waals surface area contributed by atoms with Gasteiger partial charge in [-0.3, -0.25) is 0 Å². The summed E-state index contributed by atoms with van der Waals surface area (Å²) in [6, 6.07) is 4.75. The van der Waals surface area contributed by atoms with Crippen molar-refractivity contribution in [1.29, 1.82) is 0 Å². The van der Waals surface area contributed by atoms with E-state index in [1.165, 1.54) is 18.2 Å². The van der Waals surface area contributed by atoms with Gasteiger partial charge < -0.3 is 0 Å². The summed E-state index contributed by atoms with van der Waals surface area (Å²) < 4.78 is 50.2. The van der Waals surface area contributed by atoms with E-state index in [4.69, 9.17) is 4.18 Å². The second kappa shape index (κ2) is 7.06. The molecule has 1 rings (SSSR count). The summed E-state index contributed by atoms with van der Waals surface area (Å²) in [5.41, 5.74) is 0. The standard InChI is InChI=1S/C8H4Br6O5S2/c9-7(10,11)19-21(17,18)6-3-1-2-5(4-6)20(15,16)8(12,13)14/h1-4H. The van der Waals surface area contributed by atoms with Crippen molar-refractivity contribution < 1.29 is 21.0 Å². The molecule has 0 fully saturated rings. The van der Waals surface area contributed by atoms with Crippen molar-refractivity contribution in [2.45, 2.75) is 13.6 Å². The number of hydrogen-bond acceptors (Lipinski definition) is 5. The Morgan fingerprint density at radius 1 is 0.857 bits per heavy atom. The van der Waals surface area contributed by atoms with E-state index < -0.39 is 23.8 Å². The molecule has 5 nitrogen and oxygen atoms in total. The van der Waals surface area contributed by atoms with E-state index in [0.717, 1.165) is 6.07 Å². The molecule has 0 aliphatic rings. The Hall–Kier alpha value is 1.96. The SMILES string of the molecule is O=S(=O)(OC(Br)(Br)Br)c1cccc(S(=O)(=O)C(Br)(Br)Br)c1. The Balaban J connectivity index is 3.38. The summed E-state index contributed by atoms with van der Waals surface area (Å²) in [6.45, 7) is 0. The van der Waals surface area contributed by atoms with Gasteiger partial charge in [0.15, 0.2) is 0 Å². The summed E-state index contributed by atoms with van der Waals surface area (Å²) in [7, 11) is -8.11. The molecule has 0 N–H and O–H groups in total. The van der Waals surface area contributed by atoms with Crippen molar-refractivity contribution in [3.8, 4) is 0 Å². The van der Waals surface area contributed by atoms with Crippen LogP contribution in [0.2, 0.25) is 0 Å². The Morgan fingerprint density at radius 3 is 1.76 bits per heavy atom. The Morgan fingerprint density at radius 2 is 1.33 bits per heavy atom. The van der Waals surface area contributed by atoms with Crippen LogP contribution in [0.3, 0.4) is 0 Å². The van der Waals surface area contributed by atoms with Crippen molar-refractivity contribution in [1.82, 2.24) is 0 Å². The van der Waals surface area contributed by atoms with Crippen molar-refractivity contribution in [3.05, 3.63) is 24.3 Å². The second-order valence-corrected chi connectivity index (χ2v) is 21.9. The highest BCUT2D eigenvalue weighted by Crippen LogP contribution is 2.44. The number of hydrogen-bond donors (Lipinski definition) is 0. The lowest BCUT2D eigenvalue weighted by atomic mass is 10.4. The van der Waals surface area contributed by atoms with Gasteiger partial charge in [0.2, 0.25) is 11.3 Å². The van der Waals surface area contributed by atoms with Gasteiger partial charge in [-0.25, -0.2) is 12.6 Å². The zero-order chi connectivity index (χ0) is 16.7. The van der Waals surface area contributed by atoms with Crippen LogP contribution < -0.4 is 0 Å². The second-order valence-electron chi connectivity index (χ2n) is 3.41. The number of sulfone groups is 1. The van der Waals surface area contributed by atoms with E-state index in [1.54, 1.807) is 0 Å². The summed E-state index contributed by atoms with van der Waals surface area (Å²) in [4.78, 5) is -0.537. The van der Waals surface area contributed by atoms with Crippen molar-refractivity contribution in [2.24, 2.45) is 0 Å². The van der Waals surface area contributed by atoms with E-state index in [0.29, 0.717) is 0 Å². The normalized spacial score (nSPS) is 14.2. The zero-order valence-corrected chi connectivity index (χ0v) is 20.6. The molecule has 0 aromatic heterocycles. The summed E-state index contributed by atoms with van der Waals surface area (Å²) in [6.07, 6.45) is 0. The molecular weight excluding hydrogens is 720 g/mol. The highest BCUT2D eigenvalue weighted by molar-refractivity contribution is 9.42. The minimum atomic E-state index is -4.20. The van der Waals surface area contributed by atoms with Crippen LogP contribution in [-0.2, 0) is 24.1 Å². The lowest BCUT2D eigenvalue weighted by Gasteiger charge is -2.16. The molecule has 1 aromatic carbocycles. The van der Waals surface area contributed by atoms with Crippen LogP contribution in [0.25, 0.3) is 0 Å². The Kier molecular flexibility index (Phi) is 7.06. The number of halogens is 6. The summed E-state index contributed by atoms with van der Waals surface area (Å²) in [5, 5.41) is 0. The quantitative estimate of drug-likeness (QED) is 0.333. The highest BCUT2D eigenvalue weighted by atomic mass is 80.0. The molecule has 0 saturated carbocycles. The molecule has 120 valence electrons. The first-order chi connectivity index (χ1) is 9.17. The minimum Gasteiger partial charge on any atom is -0.225 e. The van der Waals surface area contributed by atoms with Gasteiger partial charge in [-0.15, -0.1) is 0 Å². The Bertz CT molecular complexity index is 731. The van der Waals surface area contributed by atoms with E-state index in [2.05, 4.69) is 95.6 Å². The molecule has 13 heteroatoms. The van der Waals surface area contributed by atoms with E-state index >= 15 is 0 Å². The third-order valence-electron chi connectivity index (χ3n) is 1.91. The third-order valence-corrected chi connectivity index (χ3v) is 9.66. The summed E-state index contributed by atoms with van der Waals surface area (Å²) >= 11 is 17.4. The molecule has 0 aliphatic carbocycles. The van der Waals surface area contributed by atoms with Gasteiger partial charge in [0.25, 0.3) is 12.4 Å². The predicted octanol–water partition coefficient (Wildman–Crippen LogP) is 4.76. The van der Waals surface area contributed by atoms with E-state index in [-0.39, 0.29) is 9.79 Å². The topological polar surface area (TPSA) is 77.5 Å². The lowest BCUT2D eigenvalue weighted by Crippen LogP contribution is -2.19. The molecule has 0 atom stereocenters. The molecular formula is C8H4Br6O5S2. The van der Waals surface area contributed by atoms with Gasteiger partial charge in [0, 0.05) is 0 Å². The first kappa shape index (κ1) is 21.0. The minimum absolute atomic E-state index is 0.220. The maximum absolute atomic E-state index is 12.2. The van der Waals surface area contributed by atoms with Crippen LogP contribution in [0.15, 0.2) is 34.1 Å². The van der Waals surface area contributed by atoms with Crippen LogP contribution >= 0.6 is 95.6 Å². The van der Waals surface area contributed by atoms with Gasteiger partial charge in [-0.2, -0.15) is 8.42 Å². The number of alkyl halides is 6.